The minimum atomic E-state index is -0.790. The molecule has 2 heterocycles. The van der Waals surface area contributed by atoms with Crippen LogP contribution in [0, 0.1) is 5.82 Å². The molecule has 0 aliphatic carbocycles. The third-order valence-electron chi connectivity index (χ3n) is 4.74. The maximum absolute atomic E-state index is 13.1. The van der Waals surface area contributed by atoms with E-state index >= 15 is 0 Å². The van der Waals surface area contributed by atoms with Gasteiger partial charge in [0.1, 0.15) is 11.6 Å². The van der Waals surface area contributed by atoms with Crippen molar-refractivity contribution in [3.05, 3.63) is 60.2 Å². The zero-order valence-electron chi connectivity index (χ0n) is 16.2. The lowest BCUT2D eigenvalue weighted by molar-refractivity contribution is -0.127. The minimum Gasteiger partial charge on any atom is -0.477 e. The van der Waals surface area contributed by atoms with E-state index in [4.69, 9.17) is 9.26 Å². The highest BCUT2D eigenvalue weighted by molar-refractivity contribution is 5.97. The van der Waals surface area contributed by atoms with Gasteiger partial charge in [0, 0.05) is 25.5 Å². The maximum atomic E-state index is 13.1. The fraction of sp³-hybridized carbons (Fsp3) is 0.238. The molecule has 1 atom stereocenters. The van der Waals surface area contributed by atoms with Crippen LogP contribution in [-0.4, -0.2) is 41.7 Å². The van der Waals surface area contributed by atoms with E-state index in [1.807, 2.05) is 0 Å². The highest BCUT2D eigenvalue weighted by Crippen LogP contribution is 2.33. The predicted molar refractivity (Wildman–Crippen MR) is 105 cm³/mol. The van der Waals surface area contributed by atoms with Crippen molar-refractivity contribution in [2.75, 3.05) is 18.5 Å². The Kier molecular flexibility index (Phi) is 5.42. The molecule has 0 radical (unpaired) electrons. The number of rotatable bonds is 5. The van der Waals surface area contributed by atoms with Gasteiger partial charge in [-0.2, -0.15) is 4.98 Å². The molecule has 0 saturated heterocycles. The lowest BCUT2D eigenvalue weighted by Gasteiger charge is -2.34. The molecule has 8 nitrogen and oxygen atoms in total. The Morgan fingerprint density at radius 3 is 2.73 bits per heavy atom. The van der Waals surface area contributed by atoms with Crippen LogP contribution in [0.2, 0.25) is 0 Å². The summed E-state index contributed by atoms with van der Waals surface area (Å²) in [5.41, 5.74) is 1.23. The van der Waals surface area contributed by atoms with Crippen molar-refractivity contribution in [2.24, 2.45) is 0 Å². The van der Waals surface area contributed by atoms with E-state index in [0.717, 1.165) is 0 Å². The van der Waals surface area contributed by atoms with Crippen molar-refractivity contribution < 1.29 is 23.2 Å². The number of aromatic nitrogens is 2. The minimum absolute atomic E-state index is 0.111. The number of nitrogens with one attached hydrogen (secondary N) is 1. The van der Waals surface area contributed by atoms with Gasteiger partial charge in [-0.25, -0.2) is 4.39 Å². The molecule has 1 N–H and O–H groups in total. The fourth-order valence-corrected chi connectivity index (χ4v) is 3.19. The van der Waals surface area contributed by atoms with Gasteiger partial charge < -0.3 is 19.5 Å². The number of likely N-dealkylation sites (N-methyl/N-ethyl adjacent to an activating group) is 1. The number of fused-ring (bicyclic) bond motifs is 1. The summed E-state index contributed by atoms with van der Waals surface area (Å²) >= 11 is 0. The summed E-state index contributed by atoms with van der Waals surface area (Å²) in [5, 5.41) is 6.43. The van der Waals surface area contributed by atoms with Crippen molar-refractivity contribution in [3.63, 3.8) is 0 Å². The molecular formula is C21H19FN4O4. The number of carbonyl (C=O) groups excluding carboxylic acids is 2. The van der Waals surface area contributed by atoms with Crippen LogP contribution in [0.25, 0.3) is 11.4 Å². The second-order valence-corrected chi connectivity index (χ2v) is 6.71. The second-order valence-electron chi connectivity index (χ2n) is 6.71. The molecule has 0 saturated carbocycles. The largest absolute Gasteiger partial charge is 0.477 e. The van der Waals surface area contributed by atoms with E-state index in [1.165, 1.54) is 24.1 Å². The Morgan fingerprint density at radius 2 is 1.97 bits per heavy atom. The first-order chi connectivity index (χ1) is 14.5. The molecule has 2 amide bonds. The maximum Gasteiger partial charge on any atom is 0.262 e. The average molecular weight is 410 g/mol. The van der Waals surface area contributed by atoms with Gasteiger partial charge in [0.05, 0.1) is 12.2 Å². The van der Waals surface area contributed by atoms with Crippen molar-refractivity contribution in [2.45, 2.75) is 18.9 Å². The van der Waals surface area contributed by atoms with E-state index in [2.05, 4.69) is 15.5 Å². The molecule has 1 aliphatic rings. The fourth-order valence-electron chi connectivity index (χ4n) is 3.19. The molecule has 2 aromatic carbocycles. The number of benzene rings is 2. The summed E-state index contributed by atoms with van der Waals surface area (Å²) in [6, 6.07) is 12.8. The van der Waals surface area contributed by atoms with Gasteiger partial charge in [-0.3, -0.25) is 9.59 Å². The standard InChI is InChI=1S/C21H19FN4O4/c1-23-21(28)17-12-26(15-4-2-3-5-16(15)29-17)19(27)11-10-18-24-20(25-30-18)13-6-8-14(22)9-7-13/h2-9,17H,10-12H2,1H3,(H,23,28)/t17-/m0/s1. The normalized spacial score (nSPS) is 15.3. The average Bonchev–Trinajstić information content (AvgIpc) is 3.25. The third-order valence-corrected chi connectivity index (χ3v) is 4.74. The Labute approximate surface area is 171 Å². The SMILES string of the molecule is CNC(=O)[C@@H]1CN(C(=O)CCc2nc(-c3ccc(F)cc3)no2)c2ccccc2O1. The van der Waals surface area contributed by atoms with Crippen LogP contribution >= 0.6 is 0 Å². The number of hydrogen-bond acceptors (Lipinski definition) is 6. The highest BCUT2D eigenvalue weighted by atomic mass is 19.1. The summed E-state index contributed by atoms with van der Waals surface area (Å²) < 4.78 is 24.0. The van der Waals surface area contributed by atoms with Gasteiger partial charge in [-0.1, -0.05) is 17.3 Å². The third kappa shape index (κ3) is 4.00. The summed E-state index contributed by atoms with van der Waals surface area (Å²) in [6.07, 6.45) is -0.445. The van der Waals surface area contributed by atoms with Gasteiger partial charge in [-0.05, 0) is 36.4 Å². The molecule has 9 heteroatoms. The molecule has 0 spiro atoms. The summed E-state index contributed by atoms with van der Waals surface area (Å²) in [7, 11) is 1.52. The number of para-hydroxylation sites is 2. The highest BCUT2D eigenvalue weighted by Gasteiger charge is 2.33. The van der Waals surface area contributed by atoms with E-state index in [1.54, 1.807) is 36.4 Å². The van der Waals surface area contributed by atoms with Crippen LogP contribution in [0.5, 0.6) is 5.75 Å². The molecule has 154 valence electrons. The zero-order chi connectivity index (χ0) is 21.1. The van der Waals surface area contributed by atoms with Gasteiger partial charge in [0.25, 0.3) is 5.91 Å². The van der Waals surface area contributed by atoms with E-state index < -0.39 is 6.10 Å². The molecule has 1 aromatic heterocycles. The lowest BCUT2D eigenvalue weighted by Crippen LogP contribution is -2.50. The number of hydrogen-bond donors (Lipinski definition) is 1. The van der Waals surface area contributed by atoms with Crippen LogP contribution in [-0.2, 0) is 16.0 Å². The number of halogens is 1. The van der Waals surface area contributed by atoms with Crippen LogP contribution in [0.3, 0.4) is 0 Å². The van der Waals surface area contributed by atoms with Crippen molar-refractivity contribution in [1.82, 2.24) is 15.5 Å². The van der Waals surface area contributed by atoms with Crippen molar-refractivity contribution in [1.29, 1.82) is 0 Å². The zero-order valence-corrected chi connectivity index (χ0v) is 16.2. The van der Waals surface area contributed by atoms with Crippen LogP contribution < -0.4 is 15.0 Å². The Bertz CT molecular complexity index is 1070. The van der Waals surface area contributed by atoms with Crippen molar-refractivity contribution in [3.8, 4) is 17.1 Å². The van der Waals surface area contributed by atoms with Crippen LogP contribution in [0.1, 0.15) is 12.3 Å². The summed E-state index contributed by atoms with van der Waals surface area (Å²) in [6.45, 7) is 0.111. The second kappa shape index (κ2) is 8.32. The molecule has 0 fully saturated rings. The van der Waals surface area contributed by atoms with Crippen LogP contribution in [0.15, 0.2) is 53.1 Å². The number of aryl methyl sites for hydroxylation is 1. The first-order valence-electron chi connectivity index (χ1n) is 9.41. The first-order valence-corrected chi connectivity index (χ1v) is 9.41. The van der Waals surface area contributed by atoms with Gasteiger partial charge in [0.2, 0.25) is 17.6 Å². The predicted octanol–water partition coefficient (Wildman–Crippen LogP) is 2.35. The quantitative estimate of drug-likeness (QED) is 0.694. The van der Waals surface area contributed by atoms with E-state index in [9.17, 15) is 14.0 Å². The first kappa shape index (κ1) is 19.6. The van der Waals surface area contributed by atoms with E-state index in [0.29, 0.717) is 28.7 Å². The molecule has 1 aliphatic heterocycles. The van der Waals surface area contributed by atoms with Crippen molar-refractivity contribution >= 4 is 17.5 Å². The van der Waals surface area contributed by atoms with Gasteiger partial charge in [-0.15, -0.1) is 0 Å². The smallest absolute Gasteiger partial charge is 0.262 e. The molecule has 4 rings (SSSR count). The Morgan fingerprint density at radius 1 is 1.20 bits per heavy atom. The summed E-state index contributed by atoms with van der Waals surface area (Å²) in [4.78, 5) is 30.8. The molecule has 0 unspecified atom stereocenters. The topological polar surface area (TPSA) is 97.6 Å². The monoisotopic (exact) mass is 410 g/mol. The number of carbonyl (C=O) groups is 2. The Balaban J connectivity index is 1.46. The van der Waals surface area contributed by atoms with Gasteiger partial charge >= 0.3 is 0 Å². The number of anilines is 1. The van der Waals surface area contributed by atoms with Gasteiger partial charge in [0.15, 0.2) is 6.10 Å². The number of nitrogens with zero attached hydrogens (tertiary/aromatic N) is 3. The van der Waals surface area contributed by atoms with Crippen LogP contribution in [0.4, 0.5) is 10.1 Å². The molecule has 0 bridgehead atoms. The molecular weight excluding hydrogens is 391 g/mol. The lowest BCUT2D eigenvalue weighted by atomic mass is 10.1. The molecule has 30 heavy (non-hydrogen) atoms. The summed E-state index contributed by atoms with van der Waals surface area (Å²) in [5.74, 6) is 0.251. The number of amides is 2. The Hall–Kier alpha value is -3.75. The number of ether oxygens (including phenoxy) is 1. The van der Waals surface area contributed by atoms with E-state index in [-0.39, 0.29) is 37.0 Å². The molecule has 3 aromatic rings.